The second-order valence-electron chi connectivity index (χ2n) is 2.74. The van der Waals surface area contributed by atoms with Gasteiger partial charge in [0.05, 0.1) is 0 Å². The Morgan fingerprint density at radius 2 is 2.08 bits per heavy atom. The molecule has 2 nitrogen and oxygen atoms in total. The van der Waals surface area contributed by atoms with Crippen LogP contribution >= 0.6 is 24.0 Å². The Morgan fingerprint density at radius 1 is 1.38 bits per heavy atom. The number of hydrogen-bond acceptors (Lipinski definition) is 2. The minimum absolute atomic E-state index is 0. The first-order valence-corrected chi connectivity index (χ1v) is 4.33. The van der Waals surface area contributed by atoms with Crippen molar-refractivity contribution in [3.8, 4) is 0 Å². The molecule has 0 bridgehead atoms. The highest BCUT2D eigenvalue weighted by molar-refractivity contribution is 6.30. The molecule has 0 aliphatic heterocycles. The van der Waals surface area contributed by atoms with E-state index in [0.29, 0.717) is 6.54 Å². The molecule has 0 aliphatic carbocycles. The fourth-order valence-corrected chi connectivity index (χ4v) is 1.28. The average molecular weight is 221 g/mol. The van der Waals surface area contributed by atoms with E-state index in [1.165, 1.54) is 0 Å². The molecule has 13 heavy (non-hydrogen) atoms. The van der Waals surface area contributed by atoms with Crippen molar-refractivity contribution in [2.75, 3.05) is 6.54 Å². The van der Waals surface area contributed by atoms with Gasteiger partial charge in [0.1, 0.15) is 0 Å². The Kier molecular flexibility index (Phi) is 6.08. The van der Waals surface area contributed by atoms with Crippen LogP contribution in [0.15, 0.2) is 24.3 Å². The van der Waals surface area contributed by atoms with Crippen molar-refractivity contribution in [1.29, 1.82) is 0 Å². The summed E-state index contributed by atoms with van der Waals surface area (Å²) in [6, 6.07) is 7.58. The van der Waals surface area contributed by atoms with E-state index in [2.05, 4.69) is 0 Å². The first kappa shape index (κ1) is 12.7. The van der Waals surface area contributed by atoms with Crippen molar-refractivity contribution < 1.29 is 0 Å². The fraction of sp³-hybridized carbons (Fsp3) is 0.333. The molecule has 1 aromatic carbocycles. The maximum absolute atomic E-state index is 5.84. The van der Waals surface area contributed by atoms with Crippen LogP contribution in [0.2, 0.25) is 5.02 Å². The normalized spacial score (nSPS) is 11.9. The van der Waals surface area contributed by atoms with E-state index >= 15 is 0 Å². The van der Waals surface area contributed by atoms with Gasteiger partial charge in [0.2, 0.25) is 0 Å². The number of hydrogen-bond donors (Lipinski definition) is 2. The van der Waals surface area contributed by atoms with Gasteiger partial charge < -0.3 is 11.5 Å². The van der Waals surface area contributed by atoms with Crippen LogP contribution < -0.4 is 11.5 Å². The summed E-state index contributed by atoms with van der Waals surface area (Å²) in [5.74, 6) is 0. The minimum Gasteiger partial charge on any atom is -0.330 e. The summed E-state index contributed by atoms with van der Waals surface area (Å²) in [5, 5.41) is 0.722. The average Bonchev–Trinajstić information content (AvgIpc) is 2.05. The van der Waals surface area contributed by atoms with E-state index in [1.54, 1.807) is 0 Å². The monoisotopic (exact) mass is 220 g/mol. The van der Waals surface area contributed by atoms with E-state index in [9.17, 15) is 0 Å². The lowest BCUT2D eigenvalue weighted by atomic mass is 10.1. The van der Waals surface area contributed by atoms with E-state index in [1.807, 2.05) is 24.3 Å². The molecule has 0 saturated heterocycles. The van der Waals surface area contributed by atoms with E-state index in [4.69, 9.17) is 23.1 Å². The molecule has 0 unspecified atom stereocenters. The summed E-state index contributed by atoms with van der Waals surface area (Å²) >= 11 is 5.80. The Morgan fingerprint density at radius 3 is 2.62 bits per heavy atom. The van der Waals surface area contributed by atoms with Crippen LogP contribution in [0.25, 0.3) is 0 Å². The van der Waals surface area contributed by atoms with Crippen LogP contribution in [0.1, 0.15) is 18.0 Å². The molecule has 0 saturated carbocycles. The summed E-state index contributed by atoms with van der Waals surface area (Å²) in [5.41, 5.74) is 12.3. The van der Waals surface area contributed by atoms with Gasteiger partial charge in [0.25, 0.3) is 0 Å². The second kappa shape index (κ2) is 6.22. The molecule has 1 atom stereocenters. The van der Waals surface area contributed by atoms with Crippen molar-refractivity contribution in [1.82, 2.24) is 0 Å². The molecule has 1 rings (SSSR count). The number of benzene rings is 1. The van der Waals surface area contributed by atoms with Crippen molar-refractivity contribution in [2.24, 2.45) is 11.5 Å². The highest BCUT2D eigenvalue weighted by Crippen LogP contribution is 2.17. The summed E-state index contributed by atoms with van der Waals surface area (Å²) < 4.78 is 0. The number of rotatable bonds is 3. The molecule has 0 fully saturated rings. The van der Waals surface area contributed by atoms with Crippen LogP contribution in [0.4, 0.5) is 0 Å². The molecule has 0 aromatic heterocycles. The van der Waals surface area contributed by atoms with E-state index < -0.39 is 0 Å². The van der Waals surface area contributed by atoms with Gasteiger partial charge in [-0.25, -0.2) is 0 Å². The Balaban J connectivity index is 0.00000144. The summed E-state index contributed by atoms with van der Waals surface area (Å²) in [7, 11) is 0. The zero-order chi connectivity index (χ0) is 8.97. The molecule has 0 amide bonds. The van der Waals surface area contributed by atoms with Gasteiger partial charge in [0.15, 0.2) is 0 Å². The zero-order valence-corrected chi connectivity index (χ0v) is 8.81. The lowest BCUT2D eigenvalue weighted by Crippen LogP contribution is -2.15. The third-order valence-electron chi connectivity index (χ3n) is 1.75. The maximum atomic E-state index is 5.84. The highest BCUT2D eigenvalue weighted by Gasteiger charge is 2.03. The first-order chi connectivity index (χ1) is 5.74. The lowest BCUT2D eigenvalue weighted by Gasteiger charge is -2.10. The van der Waals surface area contributed by atoms with Crippen molar-refractivity contribution in [3.05, 3.63) is 34.9 Å². The lowest BCUT2D eigenvalue weighted by molar-refractivity contribution is 0.661. The minimum atomic E-state index is 0. The molecular weight excluding hydrogens is 207 g/mol. The zero-order valence-electron chi connectivity index (χ0n) is 7.24. The van der Waals surface area contributed by atoms with Crippen LogP contribution in [0, 0.1) is 0 Å². The molecule has 0 radical (unpaired) electrons. The molecule has 0 aliphatic rings. The van der Waals surface area contributed by atoms with Gasteiger partial charge in [-0.3, -0.25) is 0 Å². The van der Waals surface area contributed by atoms with Crippen molar-refractivity contribution in [3.63, 3.8) is 0 Å². The molecule has 4 N–H and O–H groups in total. The Bertz CT molecular complexity index is 253. The number of nitrogens with two attached hydrogens (primary N) is 2. The van der Waals surface area contributed by atoms with Crippen LogP contribution in [-0.2, 0) is 0 Å². The Labute approximate surface area is 89.7 Å². The smallest absolute Gasteiger partial charge is 0.0409 e. The van der Waals surface area contributed by atoms with E-state index in [-0.39, 0.29) is 18.4 Å². The summed E-state index contributed by atoms with van der Waals surface area (Å²) in [6.45, 7) is 0.605. The largest absolute Gasteiger partial charge is 0.330 e. The Hall–Kier alpha value is -0.280. The fourth-order valence-electron chi connectivity index (χ4n) is 1.08. The molecule has 74 valence electrons. The standard InChI is InChI=1S/C9H13ClN2.ClH/c10-8-3-1-2-7(6-8)9(12)4-5-11;/h1-3,6,9H,4-5,11-12H2;1H/t9-;/m1./s1. The van der Waals surface area contributed by atoms with Crippen molar-refractivity contribution >= 4 is 24.0 Å². The SMILES string of the molecule is Cl.NCC[C@@H](N)c1cccc(Cl)c1. The predicted octanol–water partition coefficient (Wildman–Crippen LogP) is 2.11. The topological polar surface area (TPSA) is 52.0 Å². The van der Waals surface area contributed by atoms with Gasteiger partial charge in [-0.2, -0.15) is 0 Å². The van der Waals surface area contributed by atoms with E-state index in [0.717, 1.165) is 17.0 Å². The van der Waals surface area contributed by atoms with Crippen molar-refractivity contribution in [2.45, 2.75) is 12.5 Å². The molecule has 0 heterocycles. The third-order valence-corrected chi connectivity index (χ3v) is 1.99. The molecule has 4 heteroatoms. The third kappa shape index (κ3) is 3.96. The second-order valence-corrected chi connectivity index (χ2v) is 3.18. The van der Waals surface area contributed by atoms with Gasteiger partial charge in [-0.1, -0.05) is 23.7 Å². The molecule has 1 aromatic rings. The van der Waals surface area contributed by atoms with Gasteiger partial charge in [-0.15, -0.1) is 12.4 Å². The van der Waals surface area contributed by atoms with Gasteiger partial charge in [0, 0.05) is 11.1 Å². The van der Waals surface area contributed by atoms with Crippen LogP contribution in [0.5, 0.6) is 0 Å². The molecular formula is C9H14Cl2N2. The maximum Gasteiger partial charge on any atom is 0.0409 e. The highest BCUT2D eigenvalue weighted by atomic mass is 35.5. The predicted molar refractivity (Wildman–Crippen MR) is 59.3 cm³/mol. The van der Waals surface area contributed by atoms with Gasteiger partial charge in [-0.05, 0) is 30.7 Å². The summed E-state index contributed by atoms with van der Waals surface area (Å²) in [4.78, 5) is 0. The van der Waals surface area contributed by atoms with Gasteiger partial charge >= 0.3 is 0 Å². The quantitative estimate of drug-likeness (QED) is 0.821. The number of halogens is 2. The van der Waals surface area contributed by atoms with Crippen LogP contribution in [0.3, 0.4) is 0 Å². The summed E-state index contributed by atoms with van der Waals surface area (Å²) in [6.07, 6.45) is 0.792. The molecule has 0 spiro atoms. The first-order valence-electron chi connectivity index (χ1n) is 3.95. The van der Waals surface area contributed by atoms with Crippen LogP contribution in [-0.4, -0.2) is 6.54 Å².